The highest BCUT2D eigenvalue weighted by Crippen LogP contribution is 2.39. The van der Waals surface area contributed by atoms with Gasteiger partial charge in [0.25, 0.3) is 0 Å². The molecular weight excluding hydrogens is 498 g/mol. The highest BCUT2D eigenvalue weighted by atomic mass is 16.5. The van der Waals surface area contributed by atoms with Crippen LogP contribution in [-0.4, -0.2) is 23.6 Å². The zero-order valence-electron chi connectivity index (χ0n) is 23.5. The molecule has 0 saturated heterocycles. The van der Waals surface area contributed by atoms with E-state index in [0.717, 1.165) is 61.8 Å². The number of benzene rings is 3. The molecule has 0 spiro atoms. The highest BCUT2D eigenvalue weighted by molar-refractivity contribution is 5.94. The van der Waals surface area contributed by atoms with Crippen molar-refractivity contribution in [2.75, 3.05) is 11.9 Å². The monoisotopic (exact) mass is 539 g/mol. The first-order chi connectivity index (χ1) is 19.5. The lowest BCUT2D eigenvalue weighted by molar-refractivity contribution is -0.153. The van der Waals surface area contributed by atoms with E-state index >= 15 is 0 Å². The second kappa shape index (κ2) is 14.5. The van der Waals surface area contributed by atoms with Crippen LogP contribution in [0.15, 0.2) is 72.8 Å². The molecule has 4 rings (SSSR count). The Kier molecular flexibility index (Phi) is 10.6. The zero-order chi connectivity index (χ0) is 28.2. The number of aryl methyl sites for hydroxylation is 2. The first kappa shape index (κ1) is 29.1. The summed E-state index contributed by atoms with van der Waals surface area (Å²) < 4.78 is 6.00. The molecule has 5 heteroatoms. The van der Waals surface area contributed by atoms with Gasteiger partial charge in [-0.1, -0.05) is 86.9 Å². The maximum Gasteiger partial charge on any atom is 0.310 e. The number of hydrogen-bond donors (Lipinski definition) is 2. The van der Waals surface area contributed by atoms with Crippen molar-refractivity contribution in [2.24, 2.45) is 5.41 Å². The number of carbonyl (C=O) groups excluding carboxylic acids is 1. The van der Waals surface area contributed by atoms with Gasteiger partial charge < -0.3 is 15.2 Å². The van der Waals surface area contributed by atoms with Gasteiger partial charge >= 0.3 is 5.97 Å². The van der Waals surface area contributed by atoms with Crippen molar-refractivity contribution in [1.82, 2.24) is 0 Å². The molecule has 1 saturated carbocycles. The average molecular weight is 540 g/mol. The van der Waals surface area contributed by atoms with E-state index in [9.17, 15) is 14.7 Å². The predicted octanol–water partition coefficient (Wildman–Crippen LogP) is 8.18. The number of rotatable bonds is 13. The fraction of sp³-hybridized carbons (Fsp3) is 0.371. The molecule has 5 nitrogen and oxygen atoms in total. The summed E-state index contributed by atoms with van der Waals surface area (Å²) in [5.41, 5.74) is 4.46. The molecule has 210 valence electrons. The second-order valence-electron chi connectivity index (χ2n) is 10.9. The summed E-state index contributed by atoms with van der Waals surface area (Å²) in [6, 6.07) is 24.5. The maximum absolute atomic E-state index is 12.7. The van der Waals surface area contributed by atoms with Gasteiger partial charge in [-0.05, 0) is 85.0 Å². The van der Waals surface area contributed by atoms with Crippen molar-refractivity contribution in [3.8, 4) is 5.75 Å². The molecular formula is C35H41NO4. The predicted molar refractivity (Wildman–Crippen MR) is 162 cm³/mol. The molecule has 40 heavy (non-hydrogen) atoms. The Bertz CT molecular complexity index is 1290. The van der Waals surface area contributed by atoms with Gasteiger partial charge in [0, 0.05) is 12.1 Å². The molecule has 0 aliphatic heterocycles. The molecule has 0 bridgehead atoms. The summed E-state index contributed by atoms with van der Waals surface area (Å²) >= 11 is 0. The molecule has 1 fully saturated rings. The van der Waals surface area contributed by atoms with Crippen LogP contribution >= 0.6 is 0 Å². The molecule has 0 atom stereocenters. The molecule has 0 heterocycles. The van der Waals surface area contributed by atoms with E-state index < -0.39 is 11.4 Å². The Hall–Kier alpha value is -3.86. The van der Waals surface area contributed by atoms with Gasteiger partial charge in [0.2, 0.25) is 5.91 Å². The number of aliphatic carboxylic acids is 1. The Balaban J connectivity index is 1.25. The molecule has 0 radical (unpaired) electrons. The molecule has 1 aliphatic rings. The van der Waals surface area contributed by atoms with Crippen LogP contribution in [-0.2, 0) is 22.4 Å². The van der Waals surface area contributed by atoms with E-state index in [4.69, 9.17) is 4.74 Å². The minimum absolute atomic E-state index is 0.0151. The van der Waals surface area contributed by atoms with E-state index in [1.54, 1.807) is 0 Å². The molecule has 2 N–H and O–H groups in total. The third-order valence-electron chi connectivity index (χ3n) is 7.82. The Morgan fingerprint density at radius 1 is 0.875 bits per heavy atom. The normalized spacial score (nSPS) is 14.6. The van der Waals surface area contributed by atoms with E-state index in [1.807, 2.05) is 60.7 Å². The molecule has 3 aromatic carbocycles. The number of carbonyl (C=O) groups is 2. The summed E-state index contributed by atoms with van der Waals surface area (Å²) in [4.78, 5) is 24.7. The topological polar surface area (TPSA) is 75.6 Å². The van der Waals surface area contributed by atoms with E-state index in [2.05, 4.69) is 36.5 Å². The third-order valence-corrected chi connectivity index (χ3v) is 7.82. The summed E-state index contributed by atoms with van der Waals surface area (Å²) in [5.74, 6) is -0.252. The number of carboxylic acid groups (broad SMARTS) is 1. The van der Waals surface area contributed by atoms with Crippen LogP contribution in [0.5, 0.6) is 5.75 Å². The SMILES string of the molecule is CCc1ccc(CCCCOc2cccc(C=Cc3cccc(NC(=O)CC4(C(=O)O)CCCCC4)c3)c2)cc1. The maximum atomic E-state index is 12.7. The van der Waals surface area contributed by atoms with Crippen molar-refractivity contribution in [1.29, 1.82) is 0 Å². The lowest BCUT2D eigenvalue weighted by Crippen LogP contribution is -2.37. The smallest absolute Gasteiger partial charge is 0.310 e. The average Bonchev–Trinajstić information content (AvgIpc) is 2.97. The summed E-state index contributed by atoms with van der Waals surface area (Å²) in [6.07, 6.45) is 12.2. The highest BCUT2D eigenvalue weighted by Gasteiger charge is 2.41. The van der Waals surface area contributed by atoms with E-state index in [1.165, 1.54) is 11.1 Å². The molecule has 3 aromatic rings. The van der Waals surface area contributed by atoms with Crippen LogP contribution in [0.2, 0.25) is 0 Å². The van der Waals surface area contributed by atoms with E-state index in [0.29, 0.717) is 25.1 Å². The van der Waals surface area contributed by atoms with Gasteiger partial charge in [0.1, 0.15) is 5.75 Å². The largest absolute Gasteiger partial charge is 0.494 e. The summed E-state index contributed by atoms with van der Waals surface area (Å²) in [7, 11) is 0. The fourth-order valence-corrected chi connectivity index (χ4v) is 5.39. The fourth-order valence-electron chi connectivity index (χ4n) is 5.39. The summed E-state index contributed by atoms with van der Waals surface area (Å²) in [6.45, 7) is 2.86. The van der Waals surface area contributed by atoms with Crippen LogP contribution in [0.1, 0.15) is 80.5 Å². The Labute approximate surface area is 238 Å². The number of ether oxygens (including phenoxy) is 1. The molecule has 0 unspecified atom stereocenters. The minimum atomic E-state index is -0.937. The van der Waals surface area contributed by atoms with Gasteiger partial charge in [-0.15, -0.1) is 0 Å². The Morgan fingerprint density at radius 2 is 1.55 bits per heavy atom. The van der Waals surface area contributed by atoms with E-state index in [-0.39, 0.29) is 12.3 Å². The Morgan fingerprint density at radius 3 is 2.25 bits per heavy atom. The van der Waals surface area contributed by atoms with Crippen LogP contribution in [0.3, 0.4) is 0 Å². The first-order valence-corrected chi connectivity index (χ1v) is 14.6. The number of carboxylic acids is 1. The molecule has 0 aromatic heterocycles. The lowest BCUT2D eigenvalue weighted by Gasteiger charge is -2.32. The van der Waals surface area contributed by atoms with Crippen LogP contribution < -0.4 is 10.1 Å². The van der Waals surface area contributed by atoms with Gasteiger partial charge in [-0.2, -0.15) is 0 Å². The lowest BCUT2D eigenvalue weighted by atomic mass is 9.71. The second-order valence-corrected chi connectivity index (χ2v) is 10.9. The number of amides is 1. The molecule has 1 amide bonds. The number of nitrogens with one attached hydrogen (secondary N) is 1. The number of unbranched alkanes of at least 4 members (excludes halogenated alkanes) is 1. The minimum Gasteiger partial charge on any atom is -0.494 e. The van der Waals surface area contributed by atoms with Gasteiger partial charge in [0.05, 0.1) is 12.0 Å². The zero-order valence-corrected chi connectivity index (χ0v) is 23.5. The van der Waals surface area contributed by atoms with Gasteiger partial charge in [-0.25, -0.2) is 0 Å². The quantitative estimate of drug-likeness (QED) is 0.170. The van der Waals surface area contributed by atoms with Crippen molar-refractivity contribution < 1.29 is 19.4 Å². The third kappa shape index (κ3) is 8.57. The van der Waals surface area contributed by atoms with Gasteiger partial charge in [-0.3, -0.25) is 9.59 Å². The van der Waals surface area contributed by atoms with Crippen LogP contribution in [0, 0.1) is 5.41 Å². The van der Waals surface area contributed by atoms with Crippen molar-refractivity contribution in [3.05, 3.63) is 95.1 Å². The van der Waals surface area contributed by atoms with Crippen LogP contribution in [0.4, 0.5) is 5.69 Å². The molecule has 1 aliphatic carbocycles. The standard InChI is InChI=1S/C35H41NO4/c1-2-27-15-17-28(18-16-27)10-4-7-23-40-32-14-9-12-30(25-32)20-19-29-11-8-13-31(24-29)36-33(37)26-35(34(38)39)21-5-3-6-22-35/h8-9,11-20,24-25H,2-7,10,21-23,26H2,1H3,(H,36,37)(H,38,39). The summed E-state index contributed by atoms with van der Waals surface area (Å²) in [5, 5.41) is 12.7. The first-order valence-electron chi connectivity index (χ1n) is 14.6. The number of anilines is 1. The van der Waals surface area contributed by atoms with Crippen molar-refractivity contribution in [3.63, 3.8) is 0 Å². The van der Waals surface area contributed by atoms with Gasteiger partial charge in [0.15, 0.2) is 0 Å². The van der Waals surface area contributed by atoms with Crippen LogP contribution in [0.25, 0.3) is 12.2 Å². The van der Waals surface area contributed by atoms with Crippen molar-refractivity contribution in [2.45, 2.75) is 71.1 Å². The van der Waals surface area contributed by atoms with Crippen molar-refractivity contribution >= 4 is 29.7 Å². The number of hydrogen-bond acceptors (Lipinski definition) is 3.